The van der Waals surface area contributed by atoms with Crippen LogP contribution in [-0.4, -0.2) is 145 Å². The molecule has 26 heteroatoms. The lowest BCUT2D eigenvalue weighted by Crippen LogP contribution is -2.60. The molecule has 4 aromatic rings. The van der Waals surface area contributed by atoms with Gasteiger partial charge in [0.1, 0.15) is 42.3 Å². The van der Waals surface area contributed by atoms with Crippen molar-refractivity contribution < 1.29 is 48.3 Å². The van der Waals surface area contributed by atoms with Crippen molar-refractivity contribution in [2.45, 2.75) is 139 Å². The first kappa shape index (κ1) is 62.9. The number of para-hydroxylation sites is 1. The number of aromatic nitrogens is 3. The Balaban J connectivity index is 1.61. The van der Waals surface area contributed by atoms with Crippen LogP contribution in [0, 0.1) is 0 Å². The molecule has 2 aromatic heterocycles. The first-order valence-corrected chi connectivity index (χ1v) is 26.7. The number of imidazole rings is 1. The van der Waals surface area contributed by atoms with E-state index >= 15 is 0 Å². The van der Waals surface area contributed by atoms with Crippen molar-refractivity contribution in [1.82, 2.24) is 57.5 Å². The van der Waals surface area contributed by atoms with Crippen LogP contribution in [-0.2, 0) is 62.4 Å². The average molecular weight is 1120 g/mol. The molecule has 4 rings (SSSR count). The van der Waals surface area contributed by atoms with Gasteiger partial charge in [-0.2, -0.15) is 25.3 Å². The van der Waals surface area contributed by atoms with E-state index in [1.54, 1.807) is 50.4 Å². The molecule has 0 aliphatic rings. The summed E-state index contributed by atoms with van der Waals surface area (Å²) in [4.78, 5) is 136. The molecule has 0 radical (unpaired) electrons. The summed E-state index contributed by atoms with van der Waals surface area (Å²) in [5, 5.41) is 31.9. The van der Waals surface area contributed by atoms with Crippen LogP contribution in [0.15, 0.2) is 78.3 Å². The molecule has 0 spiro atoms. The SMILES string of the molecule is CCCC[C@H](NC(C)=O)C(=O)N[C@@H](CS)C(=O)N[C@@H](Cc1cnc[nH]1)C(=O)N[C@H](Cc1ccccc1)C(=O)N[C@@H](CCCN=C(N)N)C(=O)N[C@@H](Cc1c[nH]c2ccccc12)C(=O)NCCCC(=O)N[C@H](C(=O)O)C(C)(C)S. The van der Waals surface area contributed by atoms with E-state index in [-0.39, 0.29) is 69.7 Å². The number of carbonyl (C=O) groups is 9. The van der Waals surface area contributed by atoms with Gasteiger partial charge >= 0.3 is 5.97 Å². The number of nitrogens with one attached hydrogen (secondary N) is 10. The van der Waals surface area contributed by atoms with Crippen molar-refractivity contribution in [3.05, 3.63) is 90.1 Å². The van der Waals surface area contributed by atoms with Gasteiger partial charge in [0.05, 0.1) is 6.33 Å². The number of guanidine groups is 1. The molecule has 0 aliphatic carbocycles. The van der Waals surface area contributed by atoms with Crippen molar-refractivity contribution in [3.8, 4) is 0 Å². The number of thiol groups is 2. The topological polar surface area (TPSA) is 379 Å². The molecule has 0 saturated heterocycles. The van der Waals surface area contributed by atoms with Crippen LogP contribution in [0.25, 0.3) is 10.9 Å². The Kier molecular flexibility index (Phi) is 25.5. The number of aliphatic imine (C=N–C) groups is 1. The van der Waals surface area contributed by atoms with Crippen molar-refractivity contribution in [2.24, 2.45) is 16.5 Å². The highest BCUT2D eigenvalue weighted by Gasteiger charge is 2.35. The van der Waals surface area contributed by atoms with Gasteiger partial charge in [0.25, 0.3) is 0 Å². The van der Waals surface area contributed by atoms with Crippen molar-refractivity contribution in [3.63, 3.8) is 0 Å². The number of fused-ring (bicyclic) bond motifs is 1. The van der Waals surface area contributed by atoms with Crippen LogP contribution in [0.3, 0.4) is 0 Å². The van der Waals surface area contributed by atoms with Crippen LogP contribution >= 0.6 is 25.3 Å². The minimum Gasteiger partial charge on any atom is -0.480 e. The Morgan fingerprint density at radius 3 is 1.85 bits per heavy atom. The Labute approximate surface area is 463 Å². The third kappa shape index (κ3) is 21.1. The molecule has 0 fully saturated rings. The number of rotatable bonds is 33. The van der Waals surface area contributed by atoms with E-state index in [4.69, 9.17) is 11.5 Å². The van der Waals surface area contributed by atoms with E-state index < -0.39 is 100 Å². The summed E-state index contributed by atoms with van der Waals surface area (Å²) in [5.74, 6) is -7.06. The summed E-state index contributed by atoms with van der Waals surface area (Å²) < 4.78 is -1.07. The van der Waals surface area contributed by atoms with Crippen LogP contribution in [0.1, 0.15) is 89.5 Å². The summed E-state index contributed by atoms with van der Waals surface area (Å²) in [6.07, 6.45) is 6.08. The molecule has 0 unspecified atom stereocenters. The number of aromatic amines is 2. The van der Waals surface area contributed by atoms with Crippen molar-refractivity contribution >= 4 is 95.3 Å². The molecule has 8 amide bonds. The third-order valence-corrected chi connectivity index (χ3v) is 13.0. The number of carbonyl (C=O) groups excluding carboxylic acids is 8. The van der Waals surface area contributed by atoms with Crippen LogP contribution in [0.5, 0.6) is 0 Å². The quantitative estimate of drug-likeness (QED) is 0.0131. The van der Waals surface area contributed by atoms with E-state index in [0.29, 0.717) is 29.7 Å². The van der Waals surface area contributed by atoms with Gasteiger partial charge in [0.15, 0.2) is 5.96 Å². The number of nitrogens with two attached hydrogens (primary N) is 2. The predicted octanol–water partition coefficient (Wildman–Crippen LogP) is 0.195. The molecule has 424 valence electrons. The minimum absolute atomic E-state index is 0.0172. The van der Waals surface area contributed by atoms with Gasteiger partial charge in [-0.3, -0.25) is 43.3 Å². The van der Waals surface area contributed by atoms with Gasteiger partial charge < -0.3 is 69.1 Å². The third-order valence-electron chi connectivity index (χ3n) is 12.3. The smallest absolute Gasteiger partial charge is 0.327 e. The largest absolute Gasteiger partial charge is 0.480 e. The van der Waals surface area contributed by atoms with E-state index in [1.807, 2.05) is 31.2 Å². The number of carboxylic acid groups (broad SMARTS) is 1. The molecule has 78 heavy (non-hydrogen) atoms. The van der Waals surface area contributed by atoms with Crippen molar-refractivity contribution in [2.75, 3.05) is 18.8 Å². The fourth-order valence-corrected chi connectivity index (χ4v) is 8.65. The van der Waals surface area contributed by atoms with Gasteiger partial charge in [-0.15, -0.1) is 0 Å². The molecule has 2 heterocycles. The molecular weight excluding hydrogens is 1040 g/mol. The minimum atomic E-state index is -1.38. The van der Waals surface area contributed by atoms with Crippen molar-refractivity contribution in [1.29, 1.82) is 0 Å². The number of aliphatic carboxylic acids is 1. The van der Waals surface area contributed by atoms with Gasteiger partial charge in [-0.25, -0.2) is 9.78 Å². The number of hydrogen-bond acceptors (Lipinski definition) is 13. The highest BCUT2D eigenvalue weighted by Crippen LogP contribution is 2.20. The van der Waals surface area contributed by atoms with Crippen LogP contribution in [0.4, 0.5) is 0 Å². The zero-order chi connectivity index (χ0) is 57.4. The highest BCUT2D eigenvalue weighted by molar-refractivity contribution is 7.81. The number of unbranched alkanes of at least 4 members (excludes halogenated alkanes) is 1. The molecule has 2 aromatic carbocycles. The summed E-state index contributed by atoms with van der Waals surface area (Å²) in [7, 11) is 0. The second-order valence-corrected chi connectivity index (χ2v) is 20.8. The number of amides is 8. The number of H-pyrrole nitrogens is 2. The van der Waals surface area contributed by atoms with E-state index in [0.717, 1.165) is 17.3 Å². The molecule has 0 bridgehead atoms. The molecular formula is C52H74N14O10S2. The van der Waals surface area contributed by atoms with Crippen LogP contribution in [0.2, 0.25) is 0 Å². The van der Waals surface area contributed by atoms with E-state index in [1.165, 1.54) is 19.4 Å². The van der Waals surface area contributed by atoms with Gasteiger partial charge in [0.2, 0.25) is 47.3 Å². The van der Waals surface area contributed by atoms with Gasteiger partial charge in [-0.1, -0.05) is 68.3 Å². The fourth-order valence-electron chi connectivity index (χ4n) is 8.22. The zero-order valence-electron chi connectivity index (χ0n) is 44.2. The first-order valence-electron chi connectivity index (χ1n) is 25.6. The Morgan fingerprint density at radius 2 is 1.26 bits per heavy atom. The normalized spacial score (nSPS) is 13.9. The molecule has 0 saturated carbocycles. The second kappa shape index (κ2) is 31.6. The Hall–Kier alpha value is -7.61. The monoisotopic (exact) mass is 1120 g/mol. The maximum atomic E-state index is 14.7. The van der Waals surface area contributed by atoms with Crippen LogP contribution < -0.4 is 54.0 Å². The Bertz CT molecular complexity index is 2680. The van der Waals surface area contributed by atoms with E-state index in [9.17, 15) is 48.3 Å². The first-order chi connectivity index (χ1) is 37.1. The highest BCUT2D eigenvalue weighted by atomic mass is 32.1. The van der Waals surface area contributed by atoms with Gasteiger partial charge in [0, 0.05) is 85.2 Å². The summed E-state index contributed by atoms with van der Waals surface area (Å²) in [6.45, 7) is 6.34. The lowest BCUT2D eigenvalue weighted by molar-refractivity contribution is -0.142. The fraction of sp³-hybridized carbons (Fsp3) is 0.481. The molecule has 0 aliphatic heterocycles. The Morgan fingerprint density at radius 1 is 0.692 bits per heavy atom. The maximum absolute atomic E-state index is 14.7. The number of nitrogens with zero attached hydrogens (tertiary/aromatic N) is 2. The lowest BCUT2D eigenvalue weighted by Gasteiger charge is -2.27. The zero-order valence-corrected chi connectivity index (χ0v) is 46.0. The average Bonchev–Trinajstić information content (AvgIpc) is 4.08. The molecule has 15 N–H and O–H groups in total. The summed E-state index contributed by atoms with van der Waals surface area (Å²) >= 11 is 8.60. The second-order valence-electron chi connectivity index (χ2n) is 19.3. The summed E-state index contributed by atoms with van der Waals surface area (Å²) in [6, 6.07) is 7.29. The van der Waals surface area contributed by atoms with Gasteiger partial charge in [-0.05, 0) is 56.7 Å². The number of benzene rings is 2. The molecule has 7 atom stereocenters. The maximum Gasteiger partial charge on any atom is 0.327 e. The predicted molar refractivity (Wildman–Crippen MR) is 300 cm³/mol. The standard InChI is InChI=1S/C52H74N14O10S2/c1-5-6-17-36(60-30(2)67)45(70)65-41(28-77)49(74)64-40(25-33-27-55-29-59-33)48(73)62-38(23-31-14-8-7-9-15-31)47(72)61-37(19-12-22-57-51(53)54)46(71)63-39(24-32-26-58-35-18-11-10-16-34(32)35)44(69)56-21-13-20-42(68)66-43(50(75)76)52(3,4)78/h7-11,14-16,18,26-27,29,36-41,43,58,77-78H,5-6,12-13,17,19-25,28H2,1-4H3,(H,55,59)(H,56,69)(H,60,67)(H,61,72)(H,62,73)(H,63,71)(H,64,74)(H,65,70)(H,66,68)(H,75,76)(H4,53,54,57)/t36-,37-,38+,39-,40-,41-,43+/m0/s1. The number of carboxylic acids is 1. The van der Waals surface area contributed by atoms with E-state index in [2.05, 4.69) is 87.7 Å². The lowest BCUT2D eigenvalue weighted by atomic mass is 10.0. The number of hydrogen-bond donors (Lipinski definition) is 15. The summed E-state index contributed by atoms with van der Waals surface area (Å²) in [5.41, 5.74) is 13.7. The molecule has 24 nitrogen and oxygen atoms in total.